The smallest absolute Gasteiger partial charge is 0.358 e. The lowest BCUT2D eigenvalue weighted by Crippen LogP contribution is -2.09. The number of anilines is 1. The molecule has 0 unspecified atom stereocenters. The zero-order valence-electron chi connectivity index (χ0n) is 7.73. The molecule has 0 aliphatic heterocycles. The van der Waals surface area contributed by atoms with E-state index in [0.29, 0.717) is 12.4 Å². The molecule has 6 heteroatoms. The summed E-state index contributed by atoms with van der Waals surface area (Å²) in [7, 11) is 1.28. The number of carbonyl (C=O) groups excluding carboxylic acids is 1. The predicted octanol–water partition coefficient (Wildman–Crippen LogP) is -0.333. The maximum absolute atomic E-state index is 11.0. The van der Waals surface area contributed by atoms with Crippen LogP contribution in [0, 0.1) is 0 Å². The number of esters is 1. The van der Waals surface area contributed by atoms with Gasteiger partial charge in [-0.3, -0.25) is 0 Å². The minimum absolute atomic E-state index is 0.0143. The van der Waals surface area contributed by atoms with Crippen molar-refractivity contribution in [3.05, 3.63) is 18.1 Å². The van der Waals surface area contributed by atoms with E-state index in [2.05, 4.69) is 20.0 Å². The van der Waals surface area contributed by atoms with Gasteiger partial charge in [-0.2, -0.15) is 0 Å². The van der Waals surface area contributed by atoms with Gasteiger partial charge in [0.05, 0.1) is 26.1 Å². The second-order valence-corrected chi connectivity index (χ2v) is 2.43. The van der Waals surface area contributed by atoms with E-state index in [1.54, 1.807) is 0 Å². The van der Waals surface area contributed by atoms with Crippen LogP contribution in [0.15, 0.2) is 12.4 Å². The maximum Gasteiger partial charge on any atom is 0.358 e. The third-order valence-electron chi connectivity index (χ3n) is 1.46. The van der Waals surface area contributed by atoms with Crippen molar-refractivity contribution < 1.29 is 14.6 Å². The third-order valence-corrected chi connectivity index (χ3v) is 1.46. The SMILES string of the molecule is COC(=O)c1cnc(NCCO)cn1. The topological polar surface area (TPSA) is 84.3 Å². The second kappa shape index (κ2) is 5.13. The highest BCUT2D eigenvalue weighted by Crippen LogP contribution is 2.01. The molecule has 1 rings (SSSR count). The Morgan fingerprint density at radius 3 is 2.86 bits per heavy atom. The van der Waals surface area contributed by atoms with E-state index in [-0.39, 0.29) is 12.3 Å². The van der Waals surface area contributed by atoms with Crippen LogP contribution >= 0.6 is 0 Å². The van der Waals surface area contributed by atoms with Gasteiger partial charge in [0, 0.05) is 6.54 Å². The first-order valence-electron chi connectivity index (χ1n) is 4.03. The number of nitrogens with zero attached hydrogens (tertiary/aromatic N) is 2. The Hall–Kier alpha value is -1.69. The van der Waals surface area contributed by atoms with Crippen LogP contribution in [0.1, 0.15) is 10.5 Å². The Morgan fingerprint density at radius 2 is 2.36 bits per heavy atom. The Balaban J connectivity index is 2.63. The molecule has 0 spiro atoms. The number of nitrogens with one attached hydrogen (secondary N) is 1. The molecule has 2 N–H and O–H groups in total. The van der Waals surface area contributed by atoms with Crippen LogP contribution in [0.3, 0.4) is 0 Å². The van der Waals surface area contributed by atoms with Gasteiger partial charge in [-0.05, 0) is 0 Å². The molecular formula is C8H11N3O3. The molecule has 0 aliphatic carbocycles. The lowest BCUT2D eigenvalue weighted by atomic mass is 10.4. The third kappa shape index (κ3) is 2.67. The minimum Gasteiger partial charge on any atom is -0.464 e. The van der Waals surface area contributed by atoms with E-state index in [1.807, 2.05) is 0 Å². The minimum atomic E-state index is -0.522. The molecule has 0 amide bonds. The van der Waals surface area contributed by atoms with Gasteiger partial charge in [-0.25, -0.2) is 14.8 Å². The molecule has 0 radical (unpaired) electrons. The highest BCUT2D eigenvalue weighted by atomic mass is 16.5. The summed E-state index contributed by atoms with van der Waals surface area (Å²) in [6.07, 6.45) is 2.72. The van der Waals surface area contributed by atoms with Crippen molar-refractivity contribution in [2.45, 2.75) is 0 Å². The zero-order valence-corrected chi connectivity index (χ0v) is 7.73. The summed E-state index contributed by atoms with van der Waals surface area (Å²) in [5.74, 6) is -0.0158. The molecule has 76 valence electrons. The molecule has 0 saturated heterocycles. The molecule has 1 heterocycles. The number of aliphatic hydroxyl groups excluding tert-OH is 1. The molecule has 0 saturated carbocycles. The second-order valence-electron chi connectivity index (χ2n) is 2.43. The van der Waals surface area contributed by atoms with Crippen LogP contribution in [0.2, 0.25) is 0 Å². The van der Waals surface area contributed by atoms with Crippen molar-refractivity contribution in [3.8, 4) is 0 Å². The Kier molecular flexibility index (Phi) is 3.81. The lowest BCUT2D eigenvalue weighted by Gasteiger charge is -2.02. The number of rotatable bonds is 4. The molecule has 0 atom stereocenters. The molecule has 1 aromatic heterocycles. The molecule has 14 heavy (non-hydrogen) atoms. The van der Waals surface area contributed by atoms with Crippen LogP contribution < -0.4 is 5.32 Å². The van der Waals surface area contributed by atoms with Crippen molar-refractivity contribution >= 4 is 11.8 Å². The fraction of sp³-hybridized carbons (Fsp3) is 0.375. The van der Waals surface area contributed by atoms with Gasteiger partial charge < -0.3 is 15.2 Å². The highest BCUT2D eigenvalue weighted by molar-refractivity contribution is 5.86. The van der Waals surface area contributed by atoms with Crippen LogP contribution in [0.25, 0.3) is 0 Å². The van der Waals surface area contributed by atoms with Gasteiger partial charge in [-0.1, -0.05) is 0 Å². The summed E-state index contributed by atoms with van der Waals surface area (Å²) >= 11 is 0. The van der Waals surface area contributed by atoms with Gasteiger partial charge >= 0.3 is 5.97 Å². The number of hydrogen-bond donors (Lipinski definition) is 2. The lowest BCUT2D eigenvalue weighted by molar-refractivity contribution is 0.0593. The standard InChI is InChI=1S/C8H11N3O3/c1-14-8(13)6-4-11-7(5-10-6)9-2-3-12/h4-5,12H,2-3H2,1H3,(H,9,11). The number of aromatic nitrogens is 2. The van der Waals surface area contributed by atoms with E-state index in [4.69, 9.17) is 5.11 Å². The molecule has 1 aromatic rings. The van der Waals surface area contributed by atoms with Gasteiger partial charge in [0.25, 0.3) is 0 Å². The summed E-state index contributed by atoms with van der Waals surface area (Å²) in [4.78, 5) is 18.7. The first-order valence-corrected chi connectivity index (χ1v) is 4.03. The Bertz CT molecular complexity index is 299. The molecule has 0 aliphatic rings. The Labute approximate surface area is 80.9 Å². The fourth-order valence-electron chi connectivity index (χ4n) is 0.813. The molecule has 0 aromatic carbocycles. The fourth-order valence-corrected chi connectivity index (χ4v) is 0.813. The number of methoxy groups -OCH3 is 1. The van der Waals surface area contributed by atoms with Crippen molar-refractivity contribution in [2.75, 3.05) is 25.6 Å². The average molecular weight is 197 g/mol. The number of aliphatic hydroxyl groups is 1. The molecule has 0 fully saturated rings. The van der Waals surface area contributed by atoms with Crippen molar-refractivity contribution in [3.63, 3.8) is 0 Å². The summed E-state index contributed by atoms with van der Waals surface area (Å²) in [6.45, 7) is 0.409. The zero-order chi connectivity index (χ0) is 10.4. The van der Waals surface area contributed by atoms with Crippen molar-refractivity contribution in [1.29, 1.82) is 0 Å². The summed E-state index contributed by atoms with van der Waals surface area (Å²) in [5, 5.41) is 11.3. The monoisotopic (exact) mass is 197 g/mol. The van der Waals surface area contributed by atoms with E-state index < -0.39 is 5.97 Å². The van der Waals surface area contributed by atoms with Gasteiger partial charge in [0.15, 0.2) is 5.69 Å². The van der Waals surface area contributed by atoms with E-state index in [0.717, 1.165) is 0 Å². The maximum atomic E-state index is 11.0. The van der Waals surface area contributed by atoms with Crippen LogP contribution in [-0.4, -0.2) is 41.3 Å². The van der Waals surface area contributed by atoms with Gasteiger partial charge in [-0.15, -0.1) is 0 Å². The number of hydrogen-bond acceptors (Lipinski definition) is 6. The predicted molar refractivity (Wildman–Crippen MR) is 48.9 cm³/mol. The molecular weight excluding hydrogens is 186 g/mol. The van der Waals surface area contributed by atoms with Crippen LogP contribution in [0.5, 0.6) is 0 Å². The van der Waals surface area contributed by atoms with E-state index >= 15 is 0 Å². The van der Waals surface area contributed by atoms with Crippen molar-refractivity contribution in [2.24, 2.45) is 0 Å². The number of carbonyl (C=O) groups is 1. The van der Waals surface area contributed by atoms with E-state index in [1.165, 1.54) is 19.5 Å². The first kappa shape index (κ1) is 10.4. The summed E-state index contributed by atoms with van der Waals surface area (Å²) < 4.78 is 4.46. The van der Waals surface area contributed by atoms with E-state index in [9.17, 15) is 4.79 Å². The highest BCUT2D eigenvalue weighted by Gasteiger charge is 2.06. The molecule has 0 bridgehead atoms. The normalized spacial score (nSPS) is 9.57. The molecule has 6 nitrogen and oxygen atoms in total. The summed E-state index contributed by atoms with van der Waals surface area (Å²) in [6, 6.07) is 0. The quantitative estimate of drug-likeness (QED) is 0.643. The largest absolute Gasteiger partial charge is 0.464 e. The van der Waals surface area contributed by atoms with Crippen LogP contribution in [0.4, 0.5) is 5.82 Å². The summed E-state index contributed by atoms with van der Waals surface area (Å²) in [5.41, 5.74) is 0.155. The first-order chi connectivity index (χ1) is 6.77. The van der Waals surface area contributed by atoms with Gasteiger partial charge in [0.1, 0.15) is 5.82 Å². The van der Waals surface area contributed by atoms with Crippen molar-refractivity contribution in [1.82, 2.24) is 9.97 Å². The average Bonchev–Trinajstić information content (AvgIpc) is 2.26. The Morgan fingerprint density at radius 1 is 1.57 bits per heavy atom. The number of ether oxygens (including phenoxy) is 1. The van der Waals surface area contributed by atoms with Crippen LogP contribution in [-0.2, 0) is 4.74 Å². The van der Waals surface area contributed by atoms with Gasteiger partial charge in [0.2, 0.25) is 0 Å².